The molecule has 3 rings (SSSR count). The molecule has 0 saturated carbocycles. The fourth-order valence-electron chi connectivity index (χ4n) is 3.19. The first kappa shape index (κ1) is 23.7. The number of nitrogens with zero attached hydrogens (tertiary/aromatic N) is 1. The Balaban J connectivity index is 1.87. The molecule has 0 bridgehead atoms. The molecule has 0 aliphatic heterocycles. The van der Waals surface area contributed by atoms with E-state index in [1.807, 2.05) is 37.3 Å². The van der Waals surface area contributed by atoms with Gasteiger partial charge in [0, 0.05) is 17.5 Å². The summed E-state index contributed by atoms with van der Waals surface area (Å²) in [5, 5.41) is 10.2. The summed E-state index contributed by atoms with van der Waals surface area (Å²) in [5.74, 6) is 0.446. The zero-order chi connectivity index (χ0) is 23.8. The van der Waals surface area contributed by atoms with Crippen molar-refractivity contribution < 1.29 is 33.6 Å². The molecule has 0 aliphatic rings. The molecule has 1 atom stereocenters. The summed E-state index contributed by atoms with van der Waals surface area (Å²) in [5.41, 5.74) is 1.82. The van der Waals surface area contributed by atoms with Crippen molar-refractivity contribution in [3.05, 3.63) is 71.3 Å². The average molecular weight is 453 g/mol. The summed E-state index contributed by atoms with van der Waals surface area (Å²) < 4.78 is 27.4. The van der Waals surface area contributed by atoms with E-state index >= 15 is 0 Å². The summed E-state index contributed by atoms with van der Waals surface area (Å²) in [6, 6.07) is 16.1. The SMILES string of the molecule is COC(=O)c1cc(OC)c(OCc2ccccc2)c(OCC(C)c2ccc(OC)nc2O)c1. The van der Waals surface area contributed by atoms with Gasteiger partial charge in [0.25, 0.3) is 0 Å². The number of hydrogen-bond acceptors (Lipinski definition) is 8. The van der Waals surface area contributed by atoms with E-state index in [0.717, 1.165) is 5.56 Å². The third kappa shape index (κ3) is 5.85. The summed E-state index contributed by atoms with van der Waals surface area (Å²) in [6.07, 6.45) is 0. The van der Waals surface area contributed by atoms with Gasteiger partial charge in [0.05, 0.1) is 33.5 Å². The minimum Gasteiger partial charge on any atom is -0.493 e. The molecule has 8 nitrogen and oxygen atoms in total. The summed E-state index contributed by atoms with van der Waals surface area (Å²) in [6.45, 7) is 2.34. The molecule has 0 spiro atoms. The first-order valence-electron chi connectivity index (χ1n) is 10.3. The molecule has 1 heterocycles. The second-order valence-corrected chi connectivity index (χ2v) is 7.25. The van der Waals surface area contributed by atoms with Crippen LogP contribution in [0.5, 0.6) is 29.0 Å². The molecule has 8 heteroatoms. The zero-order valence-electron chi connectivity index (χ0n) is 19.0. The average Bonchev–Trinajstić information content (AvgIpc) is 2.85. The molecule has 0 radical (unpaired) electrons. The second kappa shape index (κ2) is 11.1. The first-order chi connectivity index (χ1) is 16.0. The fourth-order valence-corrected chi connectivity index (χ4v) is 3.19. The molecular weight excluding hydrogens is 426 g/mol. The first-order valence-corrected chi connectivity index (χ1v) is 10.3. The molecule has 3 aromatic rings. The lowest BCUT2D eigenvalue weighted by Crippen LogP contribution is -2.11. The predicted molar refractivity (Wildman–Crippen MR) is 121 cm³/mol. The Bertz CT molecular complexity index is 1090. The smallest absolute Gasteiger partial charge is 0.338 e. The molecule has 0 saturated heterocycles. The van der Waals surface area contributed by atoms with Crippen LogP contribution in [0.1, 0.15) is 34.3 Å². The Kier molecular flexibility index (Phi) is 7.96. The van der Waals surface area contributed by atoms with E-state index in [4.69, 9.17) is 23.7 Å². The molecule has 0 amide bonds. The summed E-state index contributed by atoms with van der Waals surface area (Å²) in [7, 11) is 4.27. The fraction of sp³-hybridized carbons (Fsp3) is 0.280. The van der Waals surface area contributed by atoms with E-state index in [1.165, 1.54) is 21.3 Å². The van der Waals surface area contributed by atoms with Gasteiger partial charge < -0.3 is 28.8 Å². The molecule has 1 N–H and O–H groups in total. The van der Waals surface area contributed by atoms with E-state index in [-0.39, 0.29) is 30.6 Å². The number of carbonyl (C=O) groups excluding carboxylic acids is 1. The van der Waals surface area contributed by atoms with Crippen molar-refractivity contribution in [1.29, 1.82) is 0 Å². The minimum absolute atomic E-state index is 0.133. The van der Waals surface area contributed by atoms with Gasteiger partial charge in [-0.15, -0.1) is 0 Å². The third-order valence-electron chi connectivity index (χ3n) is 5.00. The standard InChI is InChI=1S/C25H27NO7/c1-16(19-10-11-22(30-3)26-24(19)27)14-32-21-13-18(25(28)31-4)12-20(29-2)23(21)33-15-17-8-6-5-7-9-17/h5-13,16H,14-15H2,1-4H3,(H,26,27). The van der Waals surface area contributed by atoms with Crippen LogP contribution in [0, 0.1) is 0 Å². The van der Waals surface area contributed by atoms with Crippen molar-refractivity contribution in [2.75, 3.05) is 27.9 Å². The molecule has 174 valence electrons. The Morgan fingerprint density at radius 2 is 1.70 bits per heavy atom. The Morgan fingerprint density at radius 1 is 0.970 bits per heavy atom. The number of carbonyl (C=O) groups is 1. The number of pyridine rings is 1. The van der Waals surface area contributed by atoms with E-state index < -0.39 is 5.97 Å². The normalized spacial score (nSPS) is 11.4. The van der Waals surface area contributed by atoms with Crippen LogP contribution in [-0.4, -0.2) is 44.0 Å². The summed E-state index contributed by atoms with van der Waals surface area (Å²) in [4.78, 5) is 16.2. The highest BCUT2D eigenvalue weighted by Gasteiger charge is 2.21. The highest BCUT2D eigenvalue weighted by Crippen LogP contribution is 2.40. The van der Waals surface area contributed by atoms with Crippen LogP contribution in [0.2, 0.25) is 0 Å². The maximum atomic E-state index is 12.2. The number of esters is 1. The molecular formula is C25H27NO7. The van der Waals surface area contributed by atoms with Crippen molar-refractivity contribution in [1.82, 2.24) is 4.98 Å². The van der Waals surface area contributed by atoms with Gasteiger partial charge in [-0.3, -0.25) is 0 Å². The topological polar surface area (TPSA) is 96.3 Å². The zero-order valence-corrected chi connectivity index (χ0v) is 19.0. The maximum absolute atomic E-state index is 12.2. The van der Waals surface area contributed by atoms with Gasteiger partial charge in [0.15, 0.2) is 11.5 Å². The molecule has 0 fully saturated rings. The molecule has 2 aromatic carbocycles. The van der Waals surface area contributed by atoms with E-state index in [0.29, 0.717) is 28.7 Å². The number of rotatable bonds is 10. The van der Waals surface area contributed by atoms with Gasteiger partial charge in [-0.1, -0.05) is 37.3 Å². The second-order valence-electron chi connectivity index (χ2n) is 7.25. The lowest BCUT2D eigenvalue weighted by Gasteiger charge is -2.19. The molecule has 1 aromatic heterocycles. The van der Waals surface area contributed by atoms with Gasteiger partial charge in [-0.05, 0) is 23.8 Å². The largest absolute Gasteiger partial charge is 0.493 e. The number of hydrogen-bond donors (Lipinski definition) is 1. The minimum atomic E-state index is -0.530. The highest BCUT2D eigenvalue weighted by atomic mass is 16.5. The number of benzene rings is 2. The van der Waals surface area contributed by atoms with Crippen molar-refractivity contribution in [2.24, 2.45) is 0 Å². The van der Waals surface area contributed by atoms with Crippen LogP contribution in [0.3, 0.4) is 0 Å². The van der Waals surface area contributed by atoms with E-state index in [9.17, 15) is 9.90 Å². The predicted octanol–water partition coefficient (Wildman–Crippen LogP) is 4.35. The Labute approximate surface area is 192 Å². The van der Waals surface area contributed by atoms with Gasteiger partial charge in [0.1, 0.15) is 6.61 Å². The maximum Gasteiger partial charge on any atom is 0.338 e. The summed E-state index contributed by atoms with van der Waals surface area (Å²) >= 11 is 0. The quantitative estimate of drug-likeness (QED) is 0.453. The van der Waals surface area contributed by atoms with Gasteiger partial charge in [-0.2, -0.15) is 4.98 Å². The number of aromatic nitrogens is 1. The molecule has 33 heavy (non-hydrogen) atoms. The number of methoxy groups -OCH3 is 3. The van der Waals surface area contributed by atoms with Gasteiger partial charge in [-0.25, -0.2) is 4.79 Å². The van der Waals surface area contributed by atoms with E-state index in [2.05, 4.69) is 4.98 Å². The van der Waals surface area contributed by atoms with Gasteiger partial charge >= 0.3 is 5.97 Å². The van der Waals surface area contributed by atoms with Crippen LogP contribution in [0.15, 0.2) is 54.6 Å². The van der Waals surface area contributed by atoms with Crippen LogP contribution < -0.4 is 18.9 Å². The third-order valence-corrected chi connectivity index (χ3v) is 5.00. The molecule has 1 unspecified atom stereocenters. The lowest BCUT2D eigenvalue weighted by atomic mass is 10.0. The van der Waals surface area contributed by atoms with Crippen molar-refractivity contribution in [3.8, 4) is 29.0 Å². The van der Waals surface area contributed by atoms with Crippen molar-refractivity contribution in [3.63, 3.8) is 0 Å². The van der Waals surface area contributed by atoms with E-state index in [1.54, 1.807) is 24.3 Å². The van der Waals surface area contributed by atoms with Crippen molar-refractivity contribution >= 4 is 5.97 Å². The number of ether oxygens (including phenoxy) is 5. The highest BCUT2D eigenvalue weighted by molar-refractivity contribution is 5.91. The van der Waals surface area contributed by atoms with Crippen molar-refractivity contribution in [2.45, 2.75) is 19.4 Å². The molecule has 0 aliphatic carbocycles. The van der Waals surface area contributed by atoms with Crippen LogP contribution >= 0.6 is 0 Å². The monoisotopic (exact) mass is 453 g/mol. The lowest BCUT2D eigenvalue weighted by molar-refractivity contribution is 0.0599. The van der Waals surface area contributed by atoms with Gasteiger partial charge in [0.2, 0.25) is 17.5 Å². The van der Waals surface area contributed by atoms with Crippen LogP contribution in [0.25, 0.3) is 0 Å². The Morgan fingerprint density at radius 3 is 2.33 bits per heavy atom. The number of aromatic hydroxyl groups is 1. The van der Waals surface area contributed by atoms with Crippen LogP contribution in [-0.2, 0) is 11.3 Å². The van der Waals surface area contributed by atoms with Crippen LogP contribution in [0.4, 0.5) is 0 Å². The Hall–Kier alpha value is -3.94.